The number of halogens is 2. The van der Waals surface area contributed by atoms with Crippen LogP contribution in [-0.4, -0.2) is 19.7 Å². The van der Waals surface area contributed by atoms with E-state index in [-0.39, 0.29) is 0 Å². The molecule has 0 atom stereocenters. The molecule has 17 heavy (non-hydrogen) atoms. The van der Waals surface area contributed by atoms with Crippen molar-refractivity contribution < 1.29 is 4.74 Å². The molecule has 0 saturated carbocycles. The Bertz CT molecular complexity index is 366. The summed E-state index contributed by atoms with van der Waals surface area (Å²) in [6.45, 7) is 3.08. The Morgan fingerprint density at radius 3 is 2.82 bits per heavy atom. The second-order valence-corrected chi connectivity index (χ2v) is 5.70. The second kappa shape index (κ2) is 6.62. The maximum absolute atomic E-state index is 5.88. The van der Waals surface area contributed by atoms with Crippen molar-refractivity contribution in [1.29, 1.82) is 0 Å². The molecule has 1 aromatic rings. The minimum Gasteiger partial charge on any atom is -0.492 e. The summed E-state index contributed by atoms with van der Waals surface area (Å²) in [4.78, 5) is 0. The molecule has 1 fully saturated rings. The Kier molecular flexibility index (Phi) is 5.14. The molecule has 1 aliphatic heterocycles. The highest BCUT2D eigenvalue weighted by Crippen LogP contribution is 2.28. The van der Waals surface area contributed by atoms with Crippen molar-refractivity contribution in [2.24, 2.45) is 5.92 Å². The summed E-state index contributed by atoms with van der Waals surface area (Å²) in [5, 5.41) is 4.10. The lowest BCUT2D eigenvalue weighted by atomic mass is 9.95. The summed E-state index contributed by atoms with van der Waals surface area (Å²) < 4.78 is 6.69. The number of rotatable bonds is 4. The maximum Gasteiger partial charge on any atom is 0.133 e. The molecule has 0 unspecified atom stereocenters. The molecule has 1 N–H and O–H groups in total. The lowest BCUT2D eigenvalue weighted by Gasteiger charge is -2.22. The van der Waals surface area contributed by atoms with Crippen molar-refractivity contribution in [2.45, 2.75) is 19.3 Å². The highest BCUT2D eigenvalue weighted by Gasteiger charge is 2.13. The number of ether oxygens (including phenoxy) is 1. The van der Waals surface area contributed by atoms with Gasteiger partial charge in [0.1, 0.15) is 5.75 Å². The third-order valence-corrected chi connectivity index (χ3v) is 3.99. The van der Waals surface area contributed by atoms with Crippen LogP contribution in [0.5, 0.6) is 5.75 Å². The maximum atomic E-state index is 5.88. The van der Waals surface area contributed by atoms with Crippen molar-refractivity contribution >= 4 is 27.5 Å². The van der Waals surface area contributed by atoms with Crippen molar-refractivity contribution in [3.8, 4) is 5.75 Å². The summed E-state index contributed by atoms with van der Waals surface area (Å²) in [5.41, 5.74) is 0. The van der Waals surface area contributed by atoms with E-state index in [1.165, 1.54) is 12.8 Å². The standard InChI is InChI=1S/C13H17BrClNO/c14-12-9-11(15)1-2-13(12)17-8-5-10-3-6-16-7-4-10/h1-2,9-10,16H,3-8H2. The highest BCUT2D eigenvalue weighted by atomic mass is 79.9. The Hall–Kier alpha value is -0.250. The first kappa shape index (κ1) is 13.2. The molecular formula is C13H17BrClNO. The Morgan fingerprint density at radius 1 is 1.35 bits per heavy atom. The molecule has 1 aliphatic rings. The van der Waals surface area contributed by atoms with Gasteiger partial charge in [-0.05, 0) is 72.4 Å². The Morgan fingerprint density at radius 2 is 2.12 bits per heavy atom. The van der Waals surface area contributed by atoms with Gasteiger partial charge >= 0.3 is 0 Å². The molecule has 0 spiro atoms. The van der Waals surface area contributed by atoms with E-state index in [0.717, 1.165) is 47.3 Å². The van der Waals surface area contributed by atoms with Gasteiger partial charge in [0.25, 0.3) is 0 Å². The topological polar surface area (TPSA) is 21.3 Å². The summed E-state index contributed by atoms with van der Waals surface area (Å²) in [6.07, 6.45) is 3.67. The van der Waals surface area contributed by atoms with Crippen molar-refractivity contribution in [1.82, 2.24) is 5.32 Å². The number of benzene rings is 1. The van der Waals surface area contributed by atoms with Crippen molar-refractivity contribution in [3.63, 3.8) is 0 Å². The molecule has 0 amide bonds. The molecule has 0 aliphatic carbocycles. The van der Waals surface area contributed by atoms with Crippen LogP contribution in [0.2, 0.25) is 5.02 Å². The van der Waals surface area contributed by atoms with E-state index < -0.39 is 0 Å². The molecular weight excluding hydrogens is 302 g/mol. The molecule has 0 radical (unpaired) electrons. The SMILES string of the molecule is Clc1ccc(OCCC2CCNCC2)c(Br)c1. The number of nitrogens with one attached hydrogen (secondary N) is 1. The normalized spacial score (nSPS) is 17.1. The molecule has 2 nitrogen and oxygen atoms in total. The fraction of sp³-hybridized carbons (Fsp3) is 0.538. The van der Waals surface area contributed by atoms with Crippen LogP contribution in [0.1, 0.15) is 19.3 Å². The first-order chi connectivity index (χ1) is 8.25. The largest absolute Gasteiger partial charge is 0.492 e. The predicted octanol–water partition coefficient (Wildman–Crippen LogP) is 3.87. The van der Waals surface area contributed by atoms with Crippen LogP contribution in [0.4, 0.5) is 0 Å². The quantitative estimate of drug-likeness (QED) is 0.910. The van der Waals surface area contributed by atoms with Crippen LogP contribution < -0.4 is 10.1 Å². The fourth-order valence-corrected chi connectivity index (χ4v) is 2.90. The van der Waals surface area contributed by atoms with E-state index in [2.05, 4.69) is 21.2 Å². The average molecular weight is 319 g/mol. The van der Waals surface area contributed by atoms with Gasteiger partial charge in [-0.15, -0.1) is 0 Å². The molecule has 2 rings (SSSR count). The van der Waals surface area contributed by atoms with Gasteiger partial charge in [0.15, 0.2) is 0 Å². The van der Waals surface area contributed by atoms with Gasteiger partial charge in [-0.2, -0.15) is 0 Å². The second-order valence-electron chi connectivity index (χ2n) is 4.41. The van der Waals surface area contributed by atoms with E-state index in [1.807, 2.05) is 18.2 Å². The molecule has 0 aromatic heterocycles. The summed E-state index contributed by atoms with van der Waals surface area (Å²) in [7, 11) is 0. The molecule has 1 aromatic carbocycles. The molecule has 94 valence electrons. The smallest absolute Gasteiger partial charge is 0.133 e. The third-order valence-electron chi connectivity index (χ3n) is 3.14. The van der Waals surface area contributed by atoms with E-state index in [0.29, 0.717) is 0 Å². The summed E-state index contributed by atoms with van der Waals surface area (Å²) in [5.74, 6) is 1.69. The van der Waals surface area contributed by atoms with Crippen LogP contribution >= 0.6 is 27.5 Å². The number of hydrogen-bond donors (Lipinski definition) is 1. The first-order valence-electron chi connectivity index (χ1n) is 6.04. The van der Waals surface area contributed by atoms with Gasteiger partial charge in [0, 0.05) is 5.02 Å². The molecule has 1 heterocycles. The minimum atomic E-state index is 0.725. The molecule has 4 heteroatoms. The first-order valence-corrected chi connectivity index (χ1v) is 7.21. The van der Waals surface area contributed by atoms with Crippen LogP contribution in [-0.2, 0) is 0 Å². The van der Waals surface area contributed by atoms with Gasteiger partial charge in [0.2, 0.25) is 0 Å². The van der Waals surface area contributed by atoms with E-state index in [1.54, 1.807) is 0 Å². The zero-order valence-electron chi connectivity index (χ0n) is 9.72. The summed E-state index contributed by atoms with van der Waals surface area (Å²) >= 11 is 9.33. The van der Waals surface area contributed by atoms with E-state index in [4.69, 9.17) is 16.3 Å². The zero-order chi connectivity index (χ0) is 12.1. The van der Waals surface area contributed by atoms with Crippen LogP contribution in [0.15, 0.2) is 22.7 Å². The number of piperidine rings is 1. The monoisotopic (exact) mass is 317 g/mol. The van der Waals surface area contributed by atoms with E-state index in [9.17, 15) is 0 Å². The number of hydrogen-bond acceptors (Lipinski definition) is 2. The molecule has 1 saturated heterocycles. The van der Waals surface area contributed by atoms with Gasteiger partial charge in [-0.1, -0.05) is 11.6 Å². The van der Waals surface area contributed by atoms with Crippen LogP contribution in [0, 0.1) is 5.92 Å². The fourth-order valence-electron chi connectivity index (χ4n) is 2.10. The van der Waals surface area contributed by atoms with Crippen LogP contribution in [0.25, 0.3) is 0 Å². The predicted molar refractivity (Wildman–Crippen MR) is 74.9 cm³/mol. The Labute approximate surface area is 116 Å². The molecule has 0 bridgehead atoms. The van der Waals surface area contributed by atoms with Crippen molar-refractivity contribution in [2.75, 3.05) is 19.7 Å². The lowest BCUT2D eigenvalue weighted by molar-refractivity contribution is 0.251. The Balaban J connectivity index is 1.77. The van der Waals surface area contributed by atoms with Gasteiger partial charge in [0.05, 0.1) is 11.1 Å². The highest BCUT2D eigenvalue weighted by molar-refractivity contribution is 9.10. The van der Waals surface area contributed by atoms with E-state index >= 15 is 0 Å². The lowest BCUT2D eigenvalue weighted by Crippen LogP contribution is -2.28. The summed E-state index contributed by atoms with van der Waals surface area (Å²) in [6, 6.07) is 5.63. The van der Waals surface area contributed by atoms with Crippen LogP contribution in [0.3, 0.4) is 0 Å². The van der Waals surface area contributed by atoms with Gasteiger partial charge < -0.3 is 10.1 Å². The third kappa shape index (κ3) is 4.16. The van der Waals surface area contributed by atoms with Gasteiger partial charge in [-0.3, -0.25) is 0 Å². The zero-order valence-corrected chi connectivity index (χ0v) is 12.1. The van der Waals surface area contributed by atoms with Crippen molar-refractivity contribution in [3.05, 3.63) is 27.7 Å². The minimum absolute atomic E-state index is 0.725. The van der Waals surface area contributed by atoms with Gasteiger partial charge in [-0.25, -0.2) is 0 Å². The average Bonchev–Trinajstić information content (AvgIpc) is 2.33.